The molecule has 0 radical (unpaired) electrons. The van der Waals surface area contributed by atoms with E-state index in [9.17, 15) is 13.2 Å². The highest BCUT2D eigenvalue weighted by atomic mass is 32.2. The van der Waals surface area contributed by atoms with Gasteiger partial charge in [0.15, 0.2) is 0 Å². The number of nitrogens with zero attached hydrogens (tertiary/aromatic N) is 1. The number of hydrogen-bond acceptors (Lipinski definition) is 6. The van der Waals surface area contributed by atoms with E-state index in [1.165, 1.54) is 24.3 Å². The Bertz CT molecular complexity index is 842. The Morgan fingerprint density at radius 1 is 1.04 bits per heavy atom. The van der Waals surface area contributed by atoms with Gasteiger partial charge in [-0.15, -0.1) is 0 Å². The third-order valence-corrected chi connectivity index (χ3v) is 4.53. The van der Waals surface area contributed by atoms with Gasteiger partial charge in [0, 0.05) is 12.1 Å². The largest absolute Gasteiger partial charge is 0.478 e. The summed E-state index contributed by atoms with van der Waals surface area (Å²) in [6.07, 6.45) is 0. The van der Waals surface area contributed by atoms with Crippen LogP contribution in [0.5, 0.6) is 11.8 Å². The second kappa shape index (κ2) is 8.52. The molecule has 8 nitrogen and oxygen atoms in total. The molecule has 0 saturated carbocycles. The molecule has 0 fully saturated rings. The molecule has 0 aliphatic heterocycles. The molecular weight excluding hydrogens is 358 g/mol. The lowest BCUT2D eigenvalue weighted by Crippen LogP contribution is -2.34. The molecule has 26 heavy (non-hydrogen) atoms. The van der Waals surface area contributed by atoms with Crippen molar-refractivity contribution in [3.63, 3.8) is 0 Å². The normalized spacial score (nSPS) is 10.9. The second-order valence-electron chi connectivity index (χ2n) is 5.27. The van der Waals surface area contributed by atoms with Gasteiger partial charge in [-0.05, 0) is 32.9 Å². The first kappa shape index (κ1) is 19.5. The smallest absolute Gasteiger partial charge is 0.333 e. The number of ether oxygens (including phenoxy) is 2. The van der Waals surface area contributed by atoms with Crippen LogP contribution in [0.2, 0.25) is 0 Å². The molecule has 2 aromatic rings. The van der Waals surface area contributed by atoms with E-state index in [4.69, 9.17) is 9.47 Å². The molecule has 1 aromatic carbocycles. The number of anilines is 1. The minimum atomic E-state index is -3.98. The van der Waals surface area contributed by atoms with Gasteiger partial charge in [-0.3, -0.25) is 0 Å². The SMILES string of the molecule is CCOc1cc(NC(=O)NS(=O)(=O)c2ccc(C)cc2)cc(OCC)n1. The van der Waals surface area contributed by atoms with E-state index in [1.54, 1.807) is 26.0 Å². The summed E-state index contributed by atoms with van der Waals surface area (Å²) in [5.41, 5.74) is 1.21. The average Bonchev–Trinajstić information content (AvgIpc) is 2.55. The fourth-order valence-corrected chi connectivity index (χ4v) is 2.96. The van der Waals surface area contributed by atoms with Crippen molar-refractivity contribution in [2.75, 3.05) is 18.5 Å². The Balaban J connectivity index is 2.14. The number of amides is 2. The van der Waals surface area contributed by atoms with Crippen molar-refractivity contribution >= 4 is 21.7 Å². The lowest BCUT2D eigenvalue weighted by molar-refractivity contribution is 0.256. The Morgan fingerprint density at radius 3 is 2.08 bits per heavy atom. The van der Waals surface area contributed by atoms with Crippen molar-refractivity contribution in [1.82, 2.24) is 9.71 Å². The molecule has 0 spiro atoms. The van der Waals surface area contributed by atoms with Gasteiger partial charge in [0.1, 0.15) is 0 Å². The van der Waals surface area contributed by atoms with E-state index in [-0.39, 0.29) is 16.7 Å². The lowest BCUT2D eigenvalue weighted by atomic mass is 10.2. The number of benzene rings is 1. The molecule has 9 heteroatoms. The molecule has 1 aromatic heterocycles. The van der Waals surface area contributed by atoms with Crippen molar-refractivity contribution in [2.24, 2.45) is 0 Å². The van der Waals surface area contributed by atoms with Gasteiger partial charge in [0.25, 0.3) is 10.0 Å². The van der Waals surface area contributed by atoms with Crippen LogP contribution in [-0.2, 0) is 10.0 Å². The van der Waals surface area contributed by atoms with E-state index >= 15 is 0 Å². The molecule has 0 saturated heterocycles. The van der Waals surface area contributed by atoms with E-state index in [0.717, 1.165) is 5.56 Å². The fraction of sp³-hybridized carbons (Fsp3) is 0.294. The first-order valence-electron chi connectivity index (χ1n) is 8.02. The van der Waals surface area contributed by atoms with Gasteiger partial charge < -0.3 is 14.8 Å². The van der Waals surface area contributed by atoms with Gasteiger partial charge in [-0.25, -0.2) is 17.9 Å². The number of carbonyl (C=O) groups excluding carboxylic acids is 1. The molecule has 1 heterocycles. The van der Waals surface area contributed by atoms with Crippen LogP contribution >= 0.6 is 0 Å². The zero-order valence-electron chi connectivity index (χ0n) is 14.8. The van der Waals surface area contributed by atoms with Crippen molar-refractivity contribution < 1.29 is 22.7 Å². The topological polar surface area (TPSA) is 107 Å². The van der Waals surface area contributed by atoms with Crippen molar-refractivity contribution in [2.45, 2.75) is 25.7 Å². The Kier molecular flexibility index (Phi) is 6.40. The molecule has 0 aliphatic rings. The van der Waals surface area contributed by atoms with Crippen LogP contribution in [0.15, 0.2) is 41.3 Å². The zero-order chi connectivity index (χ0) is 19.2. The predicted molar refractivity (Wildman–Crippen MR) is 97.1 cm³/mol. The Hall–Kier alpha value is -2.81. The number of aromatic nitrogens is 1. The number of sulfonamides is 1. The molecule has 2 amide bonds. The molecule has 0 atom stereocenters. The zero-order valence-corrected chi connectivity index (χ0v) is 15.6. The highest BCUT2D eigenvalue weighted by molar-refractivity contribution is 7.90. The third kappa shape index (κ3) is 5.35. The third-order valence-electron chi connectivity index (χ3n) is 3.18. The van der Waals surface area contributed by atoms with Crippen molar-refractivity contribution in [3.05, 3.63) is 42.0 Å². The maximum Gasteiger partial charge on any atom is 0.333 e. The van der Waals surface area contributed by atoms with Crippen LogP contribution in [0.25, 0.3) is 0 Å². The summed E-state index contributed by atoms with van der Waals surface area (Å²) in [6, 6.07) is 8.21. The number of carbonyl (C=O) groups is 1. The quantitative estimate of drug-likeness (QED) is 0.766. The summed E-state index contributed by atoms with van der Waals surface area (Å²) >= 11 is 0. The Labute approximate surface area is 152 Å². The van der Waals surface area contributed by atoms with Crippen LogP contribution < -0.4 is 19.5 Å². The molecule has 0 unspecified atom stereocenters. The van der Waals surface area contributed by atoms with E-state index in [1.807, 2.05) is 11.6 Å². The minimum Gasteiger partial charge on any atom is -0.478 e. The summed E-state index contributed by atoms with van der Waals surface area (Å²) in [6.45, 7) is 6.20. The van der Waals surface area contributed by atoms with Crippen LogP contribution in [0.4, 0.5) is 10.5 Å². The van der Waals surface area contributed by atoms with Gasteiger partial charge in [-0.1, -0.05) is 17.7 Å². The van der Waals surface area contributed by atoms with E-state index < -0.39 is 16.1 Å². The number of aryl methyl sites for hydroxylation is 1. The van der Waals surface area contributed by atoms with Gasteiger partial charge in [0.05, 0.1) is 23.8 Å². The maximum atomic E-state index is 12.2. The van der Waals surface area contributed by atoms with Crippen LogP contribution in [0.3, 0.4) is 0 Å². The second-order valence-corrected chi connectivity index (χ2v) is 6.95. The molecular formula is C17H21N3O5S. The van der Waals surface area contributed by atoms with E-state index in [0.29, 0.717) is 18.9 Å². The number of pyridine rings is 1. The molecule has 0 bridgehead atoms. The first-order valence-corrected chi connectivity index (χ1v) is 9.50. The van der Waals surface area contributed by atoms with Crippen LogP contribution in [0.1, 0.15) is 19.4 Å². The van der Waals surface area contributed by atoms with Crippen LogP contribution in [-0.4, -0.2) is 32.6 Å². The summed E-state index contributed by atoms with van der Waals surface area (Å²) in [5, 5.41) is 2.45. The summed E-state index contributed by atoms with van der Waals surface area (Å²) in [5.74, 6) is 0.519. The number of hydrogen-bond donors (Lipinski definition) is 2. The molecule has 0 aliphatic carbocycles. The first-order chi connectivity index (χ1) is 12.3. The Morgan fingerprint density at radius 2 is 1.58 bits per heavy atom. The molecule has 140 valence electrons. The maximum absolute atomic E-state index is 12.2. The minimum absolute atomic E-state index is 0.00186. The van der Waals surface area contributed by atoms with Crippen molar-refractivity contribution in [3.8, 4) is 11.8 Å². The summed E-state index contributed by atoms with van der Waals surface area (Å²) in [4.78, 5) is 16.2. The summed E-state index contributed by atoms with van der Waals surface area (Å²) < 4.78 is 37.1. The molecule has 2 N–H and O–H groups in total. The predicted octanol–water partition coefficient (Wildman–Crippen LogP) is 2.70. The lowest BCUT2D eigenvalue weighted by Gasteiger charge is -2.11. The number of urea groups is 1. The van der Waals surface area contributed by atoms with Gasteiger partial charge in [-0.2, -0.15) is 4.98 Å². The summed E-state index contributed by atoms with van der Waals surface area (Å²) in [7, 11) is -3.98. The standard InChI is InChI=1S/C17H21N3O5S/c1-4-24-15-10-13(11-16(19-15)25-5-2)18-17(21)20-26(22,23)14-8-6-12(3)7-9-14/h6-11H,4-5H2,1-3H3,(H2,18,19,20,21). The van der Waals surface area contributed by atoms with Crippen LogP contribution in [0, 0.1) is 6.92 Å². The van der Waals surface area contributed by atoms with E-state index in [2.05, 4.69) is 10.3 Å². The number of nitrogens with one attached hydrogen (secondary N) is 2. The van der Waals surface area contributed by atoms with Crippen molar-refractivity contribution in [1.29, 1.82) is 0 Å². The highest BCUT2D eigenvalue weighted by Crippen LogP contribution is 2.22. The monoisotopic (exact) mass is 379 g/mol. The average molecular weight is 379 g/mol. The van der Waals surface area contributed by atoms with Gasteiger partial charge in [0.2, 0.25) is 11.8 Å². The fourth-order valence-electron chi connectivity index (χ4n) is 2.05. The highest BCUT2D eigenvalue weighted by Gasteiger charge is 2.18. The van der Waals surface area contributed by atoms with Gasteiger partial charge >= 0.3 is 6.03 Å². The molecule has 2 rings (SSSR count). The number of rotatable bonds is 7.